The van der Waals surface area contributed by atoms with Crippen LogP contribution in [0.15, 0.2) is 18.2 Å². The van der Waals surface area contributed by atoms with Gasteiger partial charge in [0.2, 0.25) is 0 Å². The number of hydrogen-bond acceptors (Lipinski definition) is 1. The van der Waals surface area contributed by atoms with E-state index < -0.39 is 0 Å². The molecule has 0 aliphatic heterocycles. The second kappa shape index (κ2) is 3.23. The fraction of sp³-hybridized carbons (Fsp3) is 0.462. The molecule has 74 valence electrons. The van der Waals surface area contributed by atoms with Crippen LogP contribution in [0.5, 0.6) is 0 Å². The molecule has 0 spiro atoms. The Hall–Kier alpha value is -1.11. The highest BCUT2D eigenvalue weighted by Gasteiger charge is 2.41. The van der Waals surface area contributed by atoms with E-state index in [2.05, 4.69) is 32.0 Å². The number of benzene rings is 1. The van der Waals surface area contributed by atoms with Crippen molar-refractivity contribution in [2.24, 2.45) is 5.92 Å². The minimum Gasteiger partial charge on any atom is -0.300 e. The molecule has 0 saturated heterocycles. The molecule has 1 aromatic carbocycles. The average Bonchev–Trinajstić information content (AvgIpc) is 2.89. The molecule has 0 heterocycles. The van der Waals surface area contributed by atoms with E-state index in [9.17, 15) is 4.79 Å². The molecule has 1 heteroatoms. The van der Waals surface area contributed by atoms with Gasteiger partial charge in [-0.3, -0.25) is 4.79 Å². The van der Waals surface area contributed by atoms with Crippen LogP contribution in [0.25, 0.3) is 0 Å². The second-order valence-corrected chi connectivity index (χ2v) is 4.40. The summed E-state index contributed by atoms with van der Waals surface area (Å²) in [6, 6.07) is 6.54. The lowest BCUT2D eigenvalue weighted by Crippen LogP contribution is -1.95. The van der Waals surface area contributed by atoms with E-state index in [1.807, 2.05) is 0 Å². The number of carbonyl (C=O) groups is 1. The van der Waals surface area contributed by atoms with Gasteiger partial charge in [0, 0.05) is 5.92 Å². The van der Waals surface area contributed by atoms with Crippen molar-refractivity contribution in [2.75, 3.05) is 0 Å². The number of hydrogen-bond donors (Lipinski definition) is 0. The van der Waals surface area contributed by atoms with Crippen LogP contribution in [-0.2, 0) is 4.79 Å². The first-order valence-electron chi connectivity index (χ1n) is 5.17. The molecular weight excluding hydrogens is 172 g/mol. The number of carbonyl (C=O) groups excluding carboxylic acids is 1. The fourth-order valence-electron chi connectivity index (χ4n) is 2.01. The molecule has 2 atom stereocenters. The van der Waals surface area contributed by atoms with Gasteiger partial charge in [-0.15, -0.1) is 0 Å². The third-order valence-corrected chi connectivity index (χ3v) is 3.27. The van der Waals surface area contributed by atoms with Crippen LogP contribution in [0.3, 0.4) is 0 Å². The molecule has 2 rings (SSSR count). The Bertz CT molecular complexity index is 379. The predicted octanol–water partition coefficient (Wildman–Crippen LogP) is 3.00. The second-order valence-electron chi connectivity index (χ2n) is 4.40. The Morgan fingerprint density at radius 1 is 1.29 bits per heavy atom. The zero-order chi connectivity index (χ0) is 10.3. The SMILES string of the molecule is CC(=O)[C@@H]1C[C@H]1c1ccc(C)c(C)c1. The third-order valence-electron chi connectivity index (χ3n) is 3.27. The predicted molar refractivity (Wildman–Crippen MR) is 57.4 cm³/mol. The Balaban J connectivity index is 2.20. The summed E-state index contributed by atoms with van der Waals surface area (Å²) in [7, 11) is 0. The van der Waals surface area contributed by atoms with Crippen molar-refractivity contribution >= 4 is 5.78 Å². The maximum Gasteiger partial charge on any atom is 0.133 e. The summed E-state index contributed by atoms with van der Waals surface area (Å²) in [5, 5.41) is 0. The van der Waals surface area contributed by atoms with Crippen LogP contribution < -0.4 is 0 Å². The quantitative estimate of drug-likeness (QED) is 0.697. The summed E-state index contributed by atoms with van der Waals surface area (Å²) < 4.78 is 0. The topological polar surface area (TPSA) is 17.1 Å². The van der Waals surface area contributed by atoms with Gasteiger partial charge in [-0.05, 0) is 49.8 Å². The summed E-state index contributed by atoms with van der Waals surface area (Å²) in [6.45, 7) is 5.95. The highest BCUT2D eigenvalue weighted by atomic mass is 16.1. The Morgan fingerprint density at radius 3 is 2.50 bits per heavy atom. The van der Waals surface area contributed by atoms with E-state index in [-0.39, 0.29) is 0 Å². The van der Waals surface area contributed by atoms with Gasteiger partial charge >= 0.3 is 0 Å². The smallest absolute Gasteiger partial charge is 0.133 e. The summed E-state index contributed by atoms with van der Waals surface area (Å²) >= 11 is 0. The number of aryl methyl sites for hydroxylation is 2. The standard InChI is InChI=1S/C13H16O/c1-8-4-5-11(6-9(8)2)13-7-12(13)10(3)14/h4-6,12-13H,7H2,1-3H3/t12-,13-/m0/s1. The van der Waals surface area contributed by atoms with Gasteiger partial charge in [0.1, 0.15) is 5.78 Å². The highest BCUT2D eigenvalue weighted by Crippen LogP contribution is 2.48. The lowest BCUT2D eigenvalue weighted by molar-refractivity contribution is -0.118. The first-order chi connectivity index (χ1) is 6.59. The maximum atomic E-state index is 11.1. The minimum absolute atomic E-state index is 0.303. The van der Waals surface area contributed by atoms with Gasteiger partial charge in [0.05, 0.1) is 0 Å². The van der Waals surface area contributed by atoms with E-state index in [0.29, 0.717) is 17.6 Å². The summed E-state index contributed by atoms with van der Waals surface area (Å²) in [5.74, 6) is 1.15. The molecule has 1 saturated carbocycles. The summed E-state index contributed by atoms with van der Waals surface area (Å²) in [5.41, 5.74) is 4.00. The first kappa shape index (κ1) is 9.45. The lowest BCUT2D eigenvalue weighted by atomic mass is 10.0. The average molecular weight is 188 g/mol. The fourth-order valence-corrected chi connectivity index (χ4v) is 2.01. The van der Waals surface area contributed by atoms with Gasteiger partial charge in [-0.25, -0.2) is 0 Å². The van der Waals surface area contributed by atoms with E-state index in [1.165, 1.54) is 16.7 Å². The van der Waals surface area contributed by atoms with Gasteiger partial charge in [-0.1, -0.05) is 18.2 Å². The van der Waals surface area contributed by atoms with Crippen molar-refractivity contribution in [2.45, 2.75) is 33.1 Å². The molecule has 1 aliphatic carbocycles. The first-order valence-corrected chi connectivity index (χ1v) is 5.17. The highest BCUT2D eigenvalue weighted by molar-refractivity contribution is 5.82. The van der Waals surface area contributed by atoms with Crippen LogP contribution in [0, 0.1) is 19.8 Å². The molecule has 0 bridgehead atoms. The normalized spacial score (nSPS) is 24.8. The largest absolute Gasteiger partial charge is 0.300 e. The van der Waals surface area contributed by atoms with Crippen molar-refractivity contribution < 1.29 is 4.79 Å². The Kier molecular flexibility index (Phi) is 2.18. The molecule has 0 aromatic heterocycles. The molecule has 0 radical (unpaired) electrons. The molecule has 1 aliphatic rings. The Morgan fingerprint density at radius 2 is 2.00 bits per heavy atom. The van der Waals surface area contributed by atoms with Crippen LogP contribution in [-0.4, -0.2) is 5.78 Å². The van der Waals surface area contributed by atoms with Gasteiger partial charge < -0.3 is 0 Å². The van der Waals surface area contributed by atoms with E-state index in [0.717, 1.165) is 6.42 Å². The van der Waals surface area contributed by atoms with Crippen LogP contribution >= 0.6 is 0 Å². The van der Waals surface area contributed by atoms with Gasteiger partial charge in [0.15, 0.2) is 0 Å². The van der Waals surface area contributed by atoms with Crippen molar-refractivity contribution in [3.05, 3.63) is 34.9 Å². The molecule has 14 heavy (non-hydrogen) atoms. The third kappa shape index (κ3) is 1.59. The summed E-state index contributed by atoms with van der Waals surface area (Å²) in [6.07, 6.45) is 1.05. The number of Topliss-reactive ketones (excluding diaryl/α,β-unsaturated/α-hetero) is 1. The minimum atomic E-state index is 0.303. The van der Waals surface area contributed by atoms with Crippen molar-refractivity contribution in [1.82, 2.24) is 0 Å². The van der Waals surface area contributed by atoms with Gasteiger partial charge in [0.25, 0.3) is 0 Å². The van der Waals surface area contributed by atoms with Crippen molar-refractivity contribution in [1.29, 1.82) is 0 Å². The molecule has 0 amide bonds. The number of rotatable bonds is 2. The molecular formula is C13H16O. The van der Waals surface area contributed by atoms with E-state index in [1.54, 1.807) is 6.92 Å². The molecule has 1 nitrogen and oxygen atoms in total. The monoisotopic (exact) mass is 188 g/mol. The summed E-state index contributed by atoms with van der Waals surface area (Å²) in [4.78, 5) is 11.1. The van der Waals surface area contributed by atoms with Crippen LogP contribution in [0.1, 0.15) is 36.0 Å². The van der Waals surface area contributed by atoms with Crippen molar-refractivity contribution in [3.8, 4) is 0 Å². The molecule has 1 aromatic rings. The van der Waals surface area contributed by atoms with E-state index in [4.69, 9.17) is 0 Å². The molecule has 0 unspecified atom stereocenters. The van der Waals surface area contributed by atoms with E-state index >= 15 is 0 Å². The van der Waals surface area contributed by atoms with Crippen molar-refractivity contribution in [3.63, 3.8) is 0 Å². The Labute approximate surface area is 85.1 Å². The zero-order valence-corrected chi connectivity index (χ0v) is 9.00. The number of ketones is 1. The van der Waals surface area contributed by atoms with Crippen LogP contribution in [0.2, 0.25) is 0 Å². The zero-order valence-electron chi connectivity index (χ0n) is 9.00. The molecule has 1 fully saturated rings. The van der Waals surface area contributed by atoms with Crippen LogP contribution in [0.4, 0.5) is 0 Å². The lowest BCUT2D eigenvalue weighted by Gasteiger charge is -2.03. The van der Waals surface area contributed by atoms with Gasteiger partial charge in [-0.2, -0.15) is 0 Å². The molecule has 0 N–H and O–H groups in total. The maximum absolute atomic E-state index is 11.1.